The molecule has 0 amide bonds. The van der Waals surface area contributed by atoms with E-state index in [2.05, 4.69) is 4.98 Å². The van der Waals surface area contributed by atoms with Crippen molar-refractivity contribution in [2.75, 3.05) is 12.5 Å². The number of aromatic nitrogens is 1. The third kappa shape index (κ3) is 2.42. The zero-order chi connectivity index (χ0) is 11.4. The molecule has 1 aromatic heterocycles. The van der Waals surface area contributed by atoms with Crippen LogP contribution in [0.1, 0.15) is 6.42 Å². The molecule has 0 bridgehead atoms. The fraction of sp³-hybridized carbons (Fsp3) is 0.250. The highest BCUT2D eigenvalue weighted by Gasteiger charge is 2.04. The summed E-state index contributed by atoms with van der Waals surface area (Å²) in [7, 11) is 0. The molecule has 16 heavy (non-hydrogen) atoms. The number of halogens is 2. The third-order valence-electron chi connectivity index (χ3n) is 2.18. The number of nitrogens with zero attached hydrogens (tertiary/aromatic N) is 1. The van der Waals surface area contributed by atoms with Crippen molar-refractivity contribution in [1.29, 1.82) is 0 Å². The Morgan fingerprint density at radius 1 is 1.38 bits per heavy atom. The Labute approximate surface area is 98.0 Å². The van der Waals surface area contributed by atoms with Gasteiger partial charge in [-0.25, -0.2) is 4.39 Å². The minimum absolute atomic E-state index is 0.362. The first kappa shape index (κ1) is 11.1. The molecule has 0 aliphatic rings. The second kappa shape index (κ2) is 5.12. The molecule has 0 N–H and O–H groups in total. The van der Waals surface area contributed by atoms with Crippen molar-refractivity contribution in [3.63, 3.8) is 0 Å². The smallest absolute Gasteiger partial charge is 0.153 e. The Morgan fingerprint density at radius 3 is 3.06 bits per heavy atom. The van der Waals surface area contributed by atoms with Gasteiger partial charge in [-0.2, -0.15) is 0 Å². The van der Waals surface area contributed by atoms with Crippen LogP contribution in [0.2, 0.25) is 0 Å². The molecule has 2 nitrogen and oxygen atoms in total. The van der Waals surface area contributed by atoms with Crippen molar-refractivity contribution >= 4 is 22.5 Å². The van der Waals surface area contributed by atoms with Crippen molar-refractivity contribution in [2.45, 2.75) is 6.42 Å². The van der Waals surface area contributed by atoms with Gasteiger partial charge >= 0.3 is 0 Å². The summed E-state index contributed by atoms with van der Waals surface area (Å²) in [6.45, 7) is 0.495. The molecule has 0 spiro atoms. The summed E-state index contributed by atoms with van der Waals surface area (Å²) in [5, 5.41) is 0.739. The molecule has 0 atom stereocenters. The minimum atomic E-state index is -0.362. The Bertz CT molecular complexity index is 489. The number of alkyl halides is 1. The molecule has 0 radical (unpaired) electrons. The van der Waals surface area contributed by atoms with Crippen LogP contribution >= 0.6 is 11.6 Å². The molecular formula is C12H11ClFNO. The lowest BCUT2D eigenvalue weighted by Crippen LogP contribution is -1.98. The van der Waals surface area contributed by atoms with Crippen LogP contribution < -0.4 is 4.74 Å². The zero-order valence-corrected chi connectivity index (χ0v) is 9.38. The lowest BCUT2D eigenvalue weighted by Gasteiger charge is -2.06. The molecule has 0 unspecified atom stereocenters. The van der Waals surface area contributed by atoms with E-state index < -0.39 is 0 Å². The van der Waals surface area contributed by atoms with E-state index in [4.69, 9.17) is 16.3 Å². The molecule has 2 aromatic rings. The van der Waals surface area contributed by atoms with E-state index in [1.165, 1.54) is 6.07 Å². The summed E-state index contributed by atoms with van der Waals surface area (Å²) in [4.78, 5) is 3.97. The zero-order valence-electron chi connectivity index (χ0n) is 8.62. The molecule has 0 saturated heterocycles. The van der Waals surface area contributed by atoms with Crippen molar-refractivity contribution in [1.82, 2.24) is 4.98 Å². The largest absolute Gasteiger partial charge is 0.493 e. The lowest BCUT2D eigenvalue weighted by molar-refractivity contribution is 0.317. The first-order valence-corrected chi connectivity index (χ1v) is 5.58. The predicted molar refractivity (Wildman–Crippen MR) is 62.5 cm³/mol. The summed E-state index contributed by atoms with van der Waals surface area (Å²) >= 11 is 5.53. The maximum atomic E-state index is 13.6. The molecule has 2 rings (SSSR count). The van der Waals surface area contributed by atoms with Gasteiger partial charge in [0, 0.05) is 23.5 Å². The number of hydrogen-bond donors (Lipinski definition) is 0. The summed E-state index contributed by atoms with van der Waals surface area (Å²) in [5.74, 6) is 0.694. The second-order valence-corrected chi connectivity index (χ2v) is 3.75. The first-order valence-electron chi connectivity index (χ1n) is 5.04. The van der Waals surface area contributed by atoms with E-state index in [-0.39, 0.29) is 5.82 Å². The van der Waals surface area contributed by atoms with Crippen molar-refractivity contribution < 1.29 is 9.13 Å². The fourth-order valence-electron chi connectivity index (χ4n) is 1.45. The molecule has 84 valence electrons. The average Bonchev–Trinajstić information content (AvgIpc) is 2.30. The van der Waals surface area contributed by atoms with Gasteiger partial charge in [-0.3, -0.25) is 4.98 Å². The van der Waals surface area contributed by atoms with Crippen molar-refractivity contribution in [3.05, 3.63) is 36.3 Å². The predicted octanol–water partition coefficient (Wildman–Crippen LogP) is 3.38. The summed E-state index contributed by atoms with van der Waals surface area (Å²) in [6, 6.07) is 6.70. The van der Waals surface area contributed by atoms with Crippen LogP contribution in [-0.4, -0.2) is 17.5 Å². The molecule has 0 fully saturated rings. The monoisotopic (exact) mass is 239 g/mol. The number of hydrogen-bond acceptors (Lipinski definition) is 2. The maximum absolute atomic E-state index is 13.6. The van der Waals surface area contributed by atoms with Gasteiger partial charge in [0.05, 0.1) is 6.61 Å². The number of fused-ring (bicyclic) bond motifs is 1. The number of benzene rings is 1. The standard InChI is InChI=1S/C12H11ClFNO/c13-4-2-6-16-10-7-9-3-1-5-15-12(9)11(14)8-10/h1,3,5,7-8H,2,4,6H2. The third-order valence-corrected chi connectivity index (χ3v) is 2.45. The van der Waals surface area contributed by atoms with E-state index >= 15 is 0 Å². The Kier molecular flexibility index (Phi) is 3.57. The highest BCUT2D eigenvalue weighted by molar-refractivity contribution is 6.17. The fourth-order valence-corrected chi connectivity index (χ4v) is 1.56. The van der Waals surface area contributed by atoms with Gasteiger partial charge in [0.25, 0.3) is 0 Å². The maximum Gasteiger partial charge on any atom is 0.153 e. The molecular weight excluding hydrogens is 229 g/mol. The number of ether oxygens (including phenoxy) is 1. The number of rotatable bonds is 4. The normalized spacial score (nSPS) is 10.6. The first-order chi connectivity index (χ1) is 7.81. The average molecular weight is 240 g/mol. The highest BCUT2D eigenvalue weighted by Crippen LogP contribution is 2.22. The van der Waals surface area contributed by atoms with E-state index in [0.29, 0.717) is 23.8 Å². The van der Waals surface area contributed by atoms with Crippen LogP contribution in [0.15, 0.2) is 30.5 Å². The van der Waals surface area contributed by atoms with Gasteiger partial charge in [0.2, 0.25) is 0 Å². The Morgan fingerprint density at radius 2 is 2.25 bits per heavy atom. The second-order valence-electron chi connectivity index (χ2n) is 3.37. The van der Waals surface area contributed by atoms with Crippen LogP contribution in [0.4, 0.5) is 4.39 Å². The van der Waals surface area contributed by atoms with E-state index in [1.807, 2.05) is 0 Å². The highest BCUT2D eigenvalue weighted by atomic mass is 35.5. The van der Waals surface area contributed by atoms with Crippen LogP contribution in [0.3, 0.4) is 0 Å². The molecule has 0 aliphatic heterocycles. The molecule has 0 saturated carbocycles. The van der Waals surface area contributed by atoms with Crippen LogP contribution in [0.25, 0.3) is 10.9 Å². The van der Waals surface area contributed by atoms with Crippen LogP contribution in [0, 0.1) is 5.82 Å². The van der Waals surface area contributed by atoms with E-state index in [0.717, 1.165) is 11.8 Å². The SMILES string of the molecule is Fc1cc(OCCCCl)cc2cccnc12. The minimum Gasteiger partial charge on any atom is -0.493 e. The van der Waals surface area contributed by atoms with Gasteiger partial charge < -0.3 is 4.74 Å². The molecule has 1 heterocycles. The quantitative estimate of drug-likeness (QED) is 0.603. The summed E-state index contributed by atoms with van der Waals surface area (Å²) in [5.41, 5.74) is 0.368. The van der Waals surface area contributed by atoms with E-state index in [9.17, 15) is 4.39 Å². The van der Waals surface area contributed by atoms with Crippen LogP contribution in [0.5, 0.6) is 5.75 Å². The van der Waals surface area contributed by atoms with Crippen molar-refractivity contribution in [3.8, 4) is 5.75 Å². The van der Waals surface area contributed by atoms with Crippen molar-refractivity contribution in [2.24, 2.45) is 0 Å². The lowest BCUT2D eigenvalue weighted by atomic mass is 10.2. The Balaban J connectivity index is 2.27. The molecule has 4 heteroatoms. The van der Waals surface area contributed by atoms with Gasteiger partial charge in [-0.05, 0) is 18.6 Å². The number of pyridine rings is 1. The molecule has 0 aliphatic carbocycles. The van der Waals surface area contributed by atoms with E-state index in [1.54, 1.807) is 24.4 Å². The topological polar surface area (TPSA) is 22.1 Å². The Hall–Kier alpha value is -1.35. The van der Waals surface area contributed by atoms with Gasteiger partial charge in [0.1, 0.15) is 11.3 Å². The van der Waals surface area contributed by atoms with Gasteiger partial charge in [-0.15, -0.1) is 11.6 Å². The molecule has 1 aromatic carbocycles. The van der Waals surface area contributed by atoms with Crippen LogP contribution in [-0.2, 0) is 0 Å². The van der Waals surface area contributed by atoms with Gasteiger partial charge in [-0.1, -0.05) is 6.07 Å². The summed E-state index contributed by atoms with van der Waals surface area (Å²) < 4.78 is 19.0. The summed E-state index contributed by atoms with van der Waals surface area (Å²) in [6.07, 6.45) is 2.31. The van der Waals surface area contributed by atoms with Gasteiger partial charge in [0.15, 0.2) is 5.82 Å².